The predicted octanol–water partition coefficient (Wildman–Crippen LogP) is 4.67. The lowest BCUT2D eigenvalue weighted by molar-refractivity contribution is 0.189. The minimum Gasteiger partial charge on any atom is -0.493 e. The summed E-state index contributed by atoms with van der Waals surface area (Å²) < 4.78 is 27.9. The fourth-order valence-corrected chi connectivity index (χ4v) is 5.52. The molecule has 0 radical (unpaired) electrons. The van der Waals surface area contributed by atoms with Crippen LogP contribution in [0.4, 0.5) is 10.1 Å². The van der Waals surface area contributed by atoms with Crippen molar-refractivity contribution in [2.24, 2.45) is 0 Å². The number of methoxy groups -OCH3 is 2. The van der Waals surface area contributed by atoms with E-state index < -0.39 is 0 Å². The first-order valence-corrected chi connectivity index (χ1v) is 12.4. The average Bonchev–Trinajstić information content (AvgIpc) is 3.39. The lowest BCUT2D eigenvalue weighted by Crippen LogP contribution is -2.48. The molecule has 1 atom stereocenters. The topological polar surface area (TPSA) is 68.5 Å². The van der Waals surface area contributed by atoms with E-state index in [4.69, 9.17) is 9.47 Å². The highest BCUT2D eigenvalue weighted by atomic mass is 35.5. The van der Waals surface area contributed by atoms with Gasteiger partial charge in [-0.2, -0.15) is 0 Å². The number of hydrogen-bond acceptors (Lipinski definition) is 7. The zero-order chi connectivity index (χ0) is 24.2. The highest BCUT2D eigenvalue weighted by Gasteiger charge is 2.35. The van der Waals surface area contributed by atoms with Gasteiger partial charge in [0.05, 0.1) is 25.9 Å². The lowest BCUT2D eigenvalue weighted by Gasteiger charge is -2.40. The van der Waals surface area contributed by atoms with Crippen molar-refractivity contribution in [3.63, 3.8) is 0 Å². The number of anilines is 1. The molecule has 194 valence electrons. The molecule has 10 heteroatoms. The van der Waals surface area contributed by atoms with E-state index in [1.165, 1.54) is 25.3 Å². The largest absolute Gasteiger partial charge is 0.493 e. The molecule has 0 amide bonds. The molecule has 1 saturated heterocycles. The molecule has 2 aromatic carbocycles. The molecule has 1 aliphatic carbocycles. The van der Waals surface area contributed by atoms with Gasteiger partial charge in [0, 0.05) is 31.7 Å². The molecule has 3 aromatic rings. The van der Waals surface area contributed by atoms with Gasteiger partial charge in [0.25, 0.3) is 0 Å². The van der Waals surface area contributed by atoms with Gasteiger partial charge in [0.15, 0.2) is 17.3 Å². The van der Waals surface area contributed by atoms with Crippen molar-refractivity contribution in [3.8, 4) is 11.5 Å². The van der Waals surface area contributed by atoms with Crippen molar-refractivity contribution in [1.82, 2.24) is 25.1 Å². The molecule has 36 heavy (non-hydrogen) atoms. The molecule has 1 saturated carbocycles. The number of nitrogens with zero attached hydrogens (tertiary/aromatic N) is 6. The fourth-order valence-electron chi connectivity index (χ4n) is 5.52. The normalized spacial score (nSPS) is 17.9. The zero-order valence-corrected chi connectivity index (χ0v) is 21.7. The van der Waals surface area contributed by atoms with Crippen LogP contribution < -0.4 is 14.4 Å². The van der Waals surface area contributed by atoms with Gasteiger partial charge in [-0.3, -0.25) is 4.90 Å². The SMILES string of the molecule is COc1cccc(C(c2nnnn2C2CCCCC2)N2CCN(c3ccccc3F)CC2)c1OC.Cl. The molecule has 8 nitrogen and oxygen atoms in total. The number of hydrogen-bond donors (Lipinski definition) is 0. The monoisotopic (exact) mass is 516 g/mol. The van der Waals surface area contributed by atoms with E-state index in [2.05, 4.69) is 31.4 Å². The molecule has 0 spiro atoms. The third-order valence-electron chi connectivity index (χ3n) is 7.28. The second kappa shape index (κ2) is 11.9. The van der Waals surface area contributed by atoms with Crippen LogP contribution in [0.3, 0.4) is 0 Å². The number of ether oxygens (including phenoxy) is 2. The van der Waals surface area contributed by atoms with Crippen LogP contribution in [0.2, 0.25) is 0 Å². The number of benzene rings is 2. The third kappa shape index (κ3) is 5.13. The van der Waals surface area contributed by atoms with Crippen molar-refractivity contribution in [2.45, 2.75) is 44.2 Å². The van der Waals surface area contributed by atoms with Crippen molar-refractivity contribution in [1.29, 1.82) is 0 Å². The summed E-state index contributed by atoms with van der Waals surface area (Å²) in [5.41, 5.74) is 1.62. The van der Waals surface area contributed by atoms with Crippen molar-refractivity contribution in [2.75, 3.05) is 45.3 Å². The Morgan fingerprint density at radius 1 is 0.917 bits per heavy atom. The minimum atomic E-state index is -0.209. The van der Waals surface area contributed by atoms with Crippen molar-refractivity contribution < 1.29 is 13.9 Å². The quantitative estimate of drug-likeness (QED) is 0.452. The summed E-state index contributed by atoms with van der Waals surface area (Å²) in [4.78, 5) is 4.48. The Morgan fingerprint density at radius 3 is 2.36 bits per heavy atom. The van der Waals surface area contributed by atoms with Crippen LogP contribution in [0.1, 0.15) is 55.6 Å². The number of tetrazole rings is 1. The molecular formula is C26H34ClFN6O2. The highest BCUT2D eigenvalue weighted by molar-refractivity contribution is 5.85. The minimum absolute atomic E-state index is 0. The van der Waals surface area contributed by atoms with E-state index in [1.807, 2.05) is 28.9 Å². The zero-order valence-electron chi connectivity index (χ0n) is 20.8. The Kier molecular flexibility index (Phi) is 8.64. The van der Waals surface area contributed by atoms with Gasteiger partial charge in [0.1, 0.15) is 11.9 Å². The van der Waals surface area contributed by atoms with Crippen LogP contribution in [0.25, 0.3) is 0 Å². The van der Waals surface area contributed by atoms with E-state index in [-0.39, 0.29) is 24.3 Å². The van der Waals surface area contributed by atoms with E-state index in [9.17, 15) is 4.39 Å². The van der Waals surface area contributed by atoms with Crippen molar-refractivity contribution in [3.05, 3.63) is 59.7 Å². The van der Waals surface area contributed by atoms with Gasteiger partial charge in [0.2, 0.25) is 0 Å². The number of halogens is 2. The summed E-state index contributed by atoms with van der Waals surface area (Å²) in [7, 11) is 3.31. The molecule has 2 fully saturated rings. The smallest absolute Gasteiger partial charge is 0.173 e. The third-order valence-corrected chi connectivity index (χ3v) is 7.28. The fraction of sp³-hybridized carbons (Fsp3) is 0.500. The Labute approximate surface area is 217 Å². The Balaban J connectivity index is 0.00000304. The van der Waals surface area contributed by atoms with E-state index in [1.54, 1.807) is 20.3 Å². The van der Waals surface area contributed by atoms with Gasteiger partial charge in [-0.05, 0) is 41.5 Å². The van der Waals surface area contributed by atoms with E-state index >= 15 is 0 Å². The Bertz CT molecular complexity index is 1130. The van der Waals surface area contributed by atoms with Crippen LogP contribution in [0, 0.1) is 5.82 Å². The standard InChI is InChI=1S/C26H33FN6O2.ClH/c1-34-23-14-8-11-20(25(23)35-2)24(26-28-29-30-33(26)19-9-4-3-5-10-19)32-17-15-31(16-18-32)22-13-7-6-12-21(22)27;/h6-8,11-14,19,24H,3-5,9-10,15-18H2,1-2H3;1H. The van der Waals surface area contributed by atoms with Gasteiger partial charge < -0.3 is 14.4 Å². The van der Waals surface area contributed by atoms with E-state index in [0.717, 1.165) is 37.3 Å². The summed E-state index contributed by atoms with van der Waals surface area (Å²) in [6.07, 6.45) is 5.82. The summed E-state index contributed by atoms with van der Waals surface area (Å²) >= 11 is 0. The first kappa shape index (κ1) is 26.2. The van der Waals surface area contributed by atoms with Gasteiger partial charge >= 0.3 is 0 Å². The maximum absolute atomic E-state index is 14.4. The summed E-state index contributed by atoms with van der Waals surface area (Å²) in [6.45, 7) is 2.87. The molecule has 0 N–H and O–H groups in total. The van der Waals surface area contributed by atoms with Crippen molar-refractivity contribution >= 4 is 18.1 Å². The maximum Gasteiger partial charge on any atom is 0.173 e. The molecule has 5 rings (SSSR count). The Hall–Kier alpha value is -2.91. The Morgan fingerprint density at radius 2 is 1.67 bits per heavy atom. The molecule has 1 unspecified atom stereocenters. The van der Waals surface area contributed by atoms with Crippen LogP contribution >= 0.6 is 12.4 Å². The second-order valence-electron chi connectivity index (χ2n) is 9.23. The number of aromatic nitrogens is 4. The summed E-state index contributed by atoms with van der Waals surface area (Å²) in [5.74, 6) is 2.00. The second-order valence-corrected chi connectivity index (χ2v) is 9.23. The molecule has 2 aliphatic rings. The predicted molar refractivity (Wildman–Crippen MR) is 139 cm³/mol. The molecule has 1 aliphatic heterocycles. The first-order valence-electron chi connectivity index (χ1n) is 12.4. The maximum atomic E-state index is 14.4. The van der Waals surface area contributed by atoms with E-state index in [0.29, 0.717) is 36.3 Å². The number of rotatable bonds is 7. The number of piperazine rings is 1. The van der Waals surface area contributed by atoms with Crippen LogP contribution in [-0.4, -0.2) is 65.5 Å². The van der Waals surface area contributed by atoms with Gasteiger partial charge in [-0.25, -0.2) is 9.07 Å². The molecule has 2 heterocycles. The highest BCUT2D eigenvalue weighted by Crippen LogP contribution is 2.41. The van der Waals surface area contributed by atoms with Gasteiger partial charge in [-0.1, -0.05) is 43.5 Å². The molecule has 1 aromatic heterocycles. The van der Waals surface area contributed by atoms with Crippen LogP contribution in [-0.2, 0) is 0 Å². The molecule has 0 bridgehead atoms. The summed E-state index contributed by atoms with van der Waals surface area (Å²) in [6, 6.07) is 13.0. The van der Waals surface area contributed by atoms with Gasteiger partial charge in [-0.15, -0.1) is 17.5 Å². The van der Waals surface area contributed by atoms with Crippen LogP contribution in [0.5, 0.6) is 11.5 Å². The van der Waals surface area contributed by atoms with Crippen LogP contribution in [0.15, 0.2) is 42.5 Å². The molecular weight excluding hydrogens is 483 g/mol. The number of para-hydroxylation sites is 2. The average molecular weight is 517 g/mol. The first-order chi connectivity index (χ1) is 17.2. The lowest BCUT2D eigenvalue weighted by atomic mass is 9.94. The summed E-state index contributed by atoms with van der Waals surface area (Å²) in [5, 5.41) is 13.1.